The fraction of sp³-hybridized carbons (Fsp3) is 0. The first-order chi connectivity index (χ1) is 12.9. The van der Waals surface area contributed by atoms with Crippen molar-refractivity contribution in [3.05, 3.63) is 83.9 Å². The van der Waals surface area contributed by atoms with Gasteiger partial charge in [-0.1, -0.05) is 29.8 Å². The van der Waals surface area contributed by atoms with E-state index in [4.69, 9.17) is 11.6 Å². The second-order valence-electron chi connectivity index (χ2n) is 5.58. The van der Waals surface area contributed by atoms with Crippen molar-refractivity contribution in [1.29, 1.82) is 0 Å². The maximum Gasteiger partial charge on any atom is 0.323 e. The van der Waals surface area contributed by atoms with Crippen LogP contribution in [0.2, 0.25) is 5.02 Å². The molecule has 0 aromatic heterocycles. The van der Waals surface area contributed by atoms with Crippen LogP contribution in [0.5, 0.6) is 0 Å². The molecule has 2 amide bonds. The lowest BCUT2D eigenvalue weighted by molar-refractivity contribution is 0.262. The van der Waals surface area contributed by atoms with Crippen LogP contribution in [0.3, 0.4) is 0 Å². The summed E-state index contributed by atoms with van der Waals surface area (Å²) in [4.78, 5) is 12.1. The average molecular weight is 402 g/mol. The fourth-order valence-corrected chi connectivity index (χ4v) is 3.45. The van der Waals surface area contributed by atoms with Gasteiger partial charge in [-0.3, -0.25) is 4.72 Å². The van der Waals surface area contributed by atoms with E-state index in [-0.39, 0.29) is 4.90 Å². The zero-order valence-corrected chi connectivity index (χ0v) is 15.6. The van der Waals surface area contributed by atoms with E-state index in [2.05, 4.69) is 15.4 Å². The van der Waals surface area contributed by atoms with Gasteiger partial charge in [0.25, 0.3) is 10.0 Å². The molecule has 0 heterocycles. The quantitative estimate of drug-likeness (QED) is 0.574. The molecule has 0 bridgehead atoms. The Balaban J connectivity index is 1.64. The van der Waals surface area contributed by atoms with Gasteiger partial charge in [0, 0.05) is 22.1 Å². The Kier molecular flexibility index (Phi) is 5.63. The molecule has 0 unspecified atom stereocenters. The number of carbonyl (C=O) groups is 1. The van der Waals surface area contributed by atoms with Crippen LogP contribution in [0.15, 0.2) is 83.8 Å². The number of amides is 2. The van der Waals surface area contributed by atoms with Gasteiger partial charge in [0.2, 0.25) is 0 Å². The predicted octanol–water partition coefficient (Wildman–Crippen LogP) is 4.78. The van der Waals surface area contributed by atoms with Crippen LogP contribution in [-0.4, -0.2) is 14.4 Å². The van der Waals surface area contributed by atoms with Crippen molar-refractivity contribution in [2.75, 3.05) is 15.4 Å². The SMILES string of the molecule is O=C(Nc1ccc(Cl)cc1)Nc1ccc(S(=O)(=O)Nc2ccccc2)cc1. The number of hydrogen-bond acceptors (Lipinski definition) is 3. The van der Waals surface area contributed by atoms with E-state index in [0.29, 0.717) is 22.1 Å². The maximum absolute atomic E-state index is 12.4. The van der Waals surface area contributed by atoms with Crippen molar-refractivity contribution in [3.8, 4) is 0 Å². The Morgan fingerprint density at radius 3 is 1.78 bits per heavy atom. The molecule has 0 aliphatic heterocycles. The number of carbonyl (C=O) groups excluding carboxylic acids is 1. The molecule has 0 atom stereocenters. The van der Waals surface area contributed by atoms with E-state index < -0.39 is 16.1 Å². The molecule has 0 spiro atoms. The molecule has 0 radical (unpaired) electrons. The molecule has 3 aromatic carbocycles. The third kappa shape index (κ3) is 5.22. The Labute approximate surface area is 162 Å². The van der Waals surface area contributed by atoms with E-state index >= 15 is 0 Å². The van der Waals surface area contributed by atoms with Crippen molar-refractivity contribution in [2.24, 2.45) is 0 Å². The second-order valence-corrected chi connectivity index (χ2v) is 7.70. The molecule has 0 saturated carbocycles. The Bertz CT molecular complexity index is 1020. The minimum atomic E-state index is -3.70. The third-order valence-corrected chi connectivity index (χ3v) is 5.20. The summed E-state index contributed by atoms with van der Waals surface area (Å²) in [6, 6.07) is 20.7. The Morgan fingerprint density at radius 2 is 1.22 bits per heavy atom. The van der Waals surface area contributed by atoms with Crippen molar-refractivity contribution in [3.63, 3.8) is 0 Å². The van der Waals surface area contributed by atoms with Crippen molar-refractivity contribution < 1.29 is 13.2 Å². The standard InChI is InChI=1S/C19H16ClN3O3S/c20-14-6-8-15(9-7-14)21-19(24)22-16-10-12-18(13-11-16)27(25,26)23-17-4-2-1-3-5-17/h1-13,23H,(H2,21,22,24). The Hall–Kier alpha value is -3.03. The monoisotopic (exact) mass is 401 g/mol. The maximum atomic E-state index is 12.4. The van der Waals surface area contributed by atoms with Gasteiger partial charge in [0.15, 0.2) is 0 Å². The third-order valence-electron chi connectivity index (χ3n) is 3.55. The van der Waals surface area contributed by atoms with Crippen LogP contribution in [0.1, 0.15) is 0 Å². The van der Waals surface area contributed by atoms with Gasteiger partial charge >= 0.3 is 6.03 Å². The minimum absolute atomic E-state index is 0.0926. The lowest BCUT2D eigenvalue weighted by atomic mass is 10.3. The van der Waals surface area contributed by atoms with Crippen molar-refractivity contribution in [2.45, 2.75) is 4.90 Å². The summed E-state index contributed by atoms with van der Waals surface area (Å²) >= 11 is 5.80. The lowest BCUT2D eigenvalue weighted by Gasteiger charge is -2.10. The highest BCUT2D eigenvalue weighted by atomic mass is 35.5. The van der Waals surface area contributed by atoms with Crippen LogP contribution < -0.4 is 15.4 Å². The molecule has 8 heteroatoms. The summed E-state index contributed by atoms with van der Waals surface area (Å²) in [7, 11) is -3.70. The fourth-order valence-electron chi connectivity index (χ4n) is 2.26. The molecule has 138 valence electrons. The molecule has 6 nitrogen and oxygen atoms in total. The van der Waals surface area contributed by atoms with E-state index in [9.17, 15) is 13.2 Å². The number of anilines is 3. The highest BCUT2D eigenvalue weighted by Crippen LogP contribution is 2.19. The summed E-state index contributed by atoms with van der Waals surface area (Å²) in [5.74, 6) is 0. The molecular weight excluding hydrogens is 386 g/mol. The van der Waals surface area contributed by atoms with Crippen molar-refractivity contribution >= 4 is 44.7 Å². The molecule has 27 heavy (non-hydrogen) atoms. The molecule has 0 aliphatic rings. The topological polar surface area (TPSA) is 87.3 Å². The van der Waals surface area contributed by atoms with Gasteiger partial charge in [-0.05, 0) is 60.7 Å². The van der Waals surface area contributed by atoms with Crippen LogP contribution >= 0.6 is 11.6 Å². The molecule has 3 aromatic rings. The van der Waals surface area contributed by atoms with Gasteiger partial charge in [-0.25, -0.2) is 13.2 Å². The predicted molar refractivity (Wildman–Crippen MR) is 108 cm³/mol. The van der Waals surface area contributed by atoms with Gasteiger partial charge in [0.1, 0.15) is 0 Å². The molecule has 0 fully saturated rings. The summed E-state index contributed by atoms with van der Waals surface area (Å²) in [6.07, 6.45) is 0. The number of halogens is 1. The highest BCUT2D eigenvalue weighted by molar-refractivity contribution is 7.92. The molecule has 3 rings (SSSR count). The number of rotatable bonds is 5. The normalized spacial score (nSPS) is 10.9. The number of urea groups is 1. The van der Waals surface area contributed by atoms with Crippen LogP contribution in [0, 0.1) is 0 Å². The van der Waals surface area contributed by atoms with Gasteiger partial charge < -0.3 is 10.6 Å². The lowest BCUT2D eigenvalue weighted by Crippen LogP contribution is -2.19. The molecule has 0 saturated heterocycles. The summed E-state index contributed by atoms with van der Waals surface area (Å²) in [5.41, 5.74) is 1.52. The number of sulfonamides is 1. The van der Waals surface area contributed by atoms with Gasteiger partial charge in [-0.2, -0.15) is 0 Å². The Morgan fingerprint density at radius 1 is 0.704 bits per heavy atom. The van der Waals surface area contributed by atoms with E-state index in [1.807, 2.05) is 0 Å². The van der Waals surface area contributed by atoms with Crippen molar-refractivity contribution in [1.82, 2.24) is 0 Å². The zero-order valence-electron chi connectivity index (χ0n) is 14.0. The number of nitrogens with one attached hydrogen (secondary N) is 3. The van der Waals surface area contributed by atoms with E-state index in [1.165, 1.54) is 24.3 Å². The van der Waals surface area contributed by atoms with Crippen LogP contribution in [0.25, 0.3) is 0 Å². The molecule has 3 N–H and O–H groups in total. The van der Waals surface area contributed by atoms with Crippen LogP contribution in [-0.2, 0) is 10.0 Å². The van der Waals surface area contributed by atoms with E-state index in [0.717, 1.165) is 0 Å². The number of benzene rings is 3. The summed E-state index contributed by atoms with van der Waals surface area (Å²) in [5, 5.41) is 5.86. The average Bonchev–Trinajstić information content (AvgIpc) is 2.64. The van der Waals surface area contributed by atoms with E-state index in [1.54, 1.807) is 54.6 Å². The first kappa shape index (κ1) is 18.8. The smallest absolute Gasteiger partial charge is 0.308 e. The molecule has 0 aliphatic carbocycles. The zero-order chi connectivity index (χ0) is 19.3. The summed E-state index contributed by atoms with van der Waals surface area (Å²) < 4.78 is 27.3. The number of para-hydroxylation sites is 1. The van der Waals surface area contributed by atoms with Gasteiger partial charge in [-0.15, -0.1) is 0 Å². The summed E-state index contributed by atoms with van der Waals surface area (Å²) in [6.45, 7) is 0. The first-order valence-electron chi connectivity index (χ1n) is 7.94. The number of hydrogen-bond donors (Lipinski definition) is 3. The first-order valence-corrected chi connectivity index (χ1v) is 9.80. The van der Waals surface area contributed by atoms with Crippen LogP contribution in [0.4, 0.5) is 21.9 Å². The molecular formula is C19H16ClN3O3S. The van der Waals surface area contributed by atoms with Gasteiger partial charge in [0.05, 0.1) is 4.90 Å². The highest BCUT2D eigenvalue weighted by Gasteiger charge is 2.14. The largest absolute Gasteiger partial charge is 0.323 e. The second kappa shape index (κ2) is 8.11. The minimum Gasteiger partial charge on any atom is -0.308 e.